The number of rotatable bonds is 7. The van der Waals surface area contributed by atoms with E-state index >= 15 is 0 Å². The number of hydrogen-bond acceptors (Lipinski definition) is 5. The van der Waals surface area contributed by atoms with Crippen molar-refractivity contribution in [3.8, 4) is 11.5 Å². The van der Waals surface area contributed by atoms with E-state index in [0.717, 1.165) is 0 Å². The number of nitrogens with zero attached hydrogens (tertiary/aromatic N) is 1. The fourth-order valence-electron chi connectivity index (χ4n) is 2.34. The molecule has 1 fully saturated rings. The van der Waals surface area contributed by atoms with Crippen LogP contribution in [0.15, 0.2) is 34.8 Å². The highest BCUT2D eigenvalue weighted by atomic mass is 79.9. The predicted octanol–water partition coefficient (Wildman–Crippen LogP) is 3.06. The van der Waals surface area contributed by atoms with Crippen molar-refractivity contribution in [1.82, 2.24) is 10.2 Å². The van der Waals surface area contributed by atoms with E-state index in [1.807, 2.05) is 13.8 Å². The molecule has 1 aromatic rings. The van der Waals surface area contributed by atoms with Crippen LogP contribution < -0.4 is 14.8 Å². The standard InChI is InChI=1S/C18H19BrN2O4S/c1-4-7-21-17(23)12(16(22)20-18(21)26)8-11-9-14(24-5-2)15(25-6-3)10-13(11)19/h4,8-10H,1,5-7H2,2-3H3,(H,20,22,26)/b12-8-. The third kappa shape index (κ3) is 4.31. The van der Waals surface area contributed by atoms with Gasteiger partial charge in [-0.1, -0.05) is 22.0 Å². The highest BCUT2D eigenvalue weighted by Crippen LogP contribution is 2.35. The minimum Gasteiger partial charge on any atom is -0.490 e. The molecule has 0 radical (unpaired) electrons. The van der Waals surface area contributed by atoms with Gasteiger partial charge in [-0.2, -0.15) is 0 Å². The third-order valence-corrected chi connectivity index (χ3v) is 4.47. The average Bonchev–Trinajstić information content (AvgIpc) is 2.59. The summed E-state index contributed by atoms with van der Waals surface area (Å²) >= 11 is 8.49. The minimum absolute atomic E-state index is 0.0206. The zero-order chi connectivity index (χ0) is 19.3. The maximum absolute atomic E-state index is 12.6. The first-order chi connectivity index (χ1) is 12.4. The maximum atomic E-state index is 12.6. The van der Waals surface area contributed by atoms with Gasteiger partial charge in [0.1, 0.15) is 5.57 Å². The van der Waals surface area contributed by atoms with Gasteiger partial charge >= 0.3 is 0 Å². The number of nitrogens with one attached hydrogen (secondary N) is 1. The molecule has 0 aliphatic carbocycles. The molecule has 0 atom stereocenters. The molecule has 6 nitrogen and oxygen atoms in total. The highest BCUT2D eigenvalue weighted by Gasteiger charge is 2.32. The molecule has 0 saturated carbocycles. The second-order valence-electron chi connectivity index (χ2n) is 5.21. The molecule has 26 heavy (non-hydrogen) atoms. The number of halogens is 1. The van der Waals surface area contributed by atoms with Crippen molar-refractivity contribution >= 4 is 51.2 Å². The Balaban J connectivity index is 2.48. The largest absolute Gasteiger partial charge is 0.490 e. The summed E-state index contributed by atoms with van der Waals surface area (Å²) in [5.41, 5.74) is 0.592. The Labute approximate surface area is 166 Å². The van der Waals surface area contributed by atoms with Crippen molar-refractivity contribution in [2.24, 2.45) is 0 Å². The number of hydrogen-bond donors (Lipinski definition) is 1. The number of benzene rings is 1. The molecule has 0 unspecified atom stereocenters. The topological polar surface area (TPSA) is 67.9 Å². The summed E-state index contributed by atoms with van der Waals surface area (Å²) in [6, 6.07) is 3.47. The van der Waals surface area contributed by atoms with Gasteiger partial charge < -0.3 is 9.47 Å². The zero-order valence-electron chi connectivity index (χ0n) is 14.5. The van der Waals surface area contributed by atoms with Crippen molar-refractivity contribution in [2.75, 3.05) is 19.8 Å². The van der Waals surface area contributed by atoms with Crippen molar-refractivity contribution < 1.29 is 19.1 Å². The van der Waals surface area contributed by atoms with E-state index in [1.54, 1.807) is 18.2 Å². The van der Waals surface area contributed by atoms with Gasteiger partial charge in [-0.3, -0.25) is 19.8 Å². The van der Waals surface area contributed by atoms with E-state index < -0.39 is 11.8 Å². The first-order valence-electron chi connectivity index (χ1n) is 8.01. The van der Waals surface area contributed by atoms with E-state index in [4.69, 9.17) is 21.7 Å². The summed E-state index contributed by atoms with van der Waals surface area (Å²) in [5, 5.41) is 2.58. The van der Waals surface area contributed by atoms with E-state index in [2.05, 4.69) is 27.8 Å². The fourth-order valence-corrected chi connectivity index (χ4v) is 3.03. The van der Waals surface area contributed by atoms with Crippen molar-refractivity contribution in [2.45, 2.75) is 13.8 Å². The Hall–Kier alpha value is -2.19. The van der Waals surface area contributed by atoms with Crippen molar-refractivity contribution in [3.63, 3.8) is 0 Å². The van der Waals surface area contributed by atoms with Crippen LogP contribution in [0.2, 0.25) is 0 Å². The summed E-state index contributed by atoms with van der Waals surface area (Å²) in [5.74, 6) is 0.0974. The molecule has 0 spiro atoms. The van der Waals surface area contributed by atoms with Gasteiger partial charge in [0.15, 0.2) is 16.6 Å². The molecule has 0 bridgehead atoms. The van der Waals surface area contributed by atoms with E-state index in [1.165, 1.54) is 11.0 Å². The van der Waals surface area contributed by atoms with Crippen LogP contribution in [0.3, 0.4) is 0 Å². The van der Waals surface area contributed by atoms with Crippen LogP contribution in [0.25, 0.3) is 6.08 Å². The lowest BCUT2D eigenvalue weighted by molar-refractivity contribution is -0.128. The first-order valence-corrected chi connectivity index (χ1v) is 9.21. The SMILES string of the molecule is C=CCN1C(=O)/C(=C\c2cc(OCC)c(OCC)cc2Br)C(=O)NC1=S. The van der Waals surface area contributed by atoms with Crippen LogP contribution in [-0.4, -0.2) is 41.6 Å². The molecule has 2 rings (SSSR count). The Kier molecular flexibility index (Phi) is 6.93. The maximum Gasteiger partial charge on any atom is 0.265 e. The molecule has 1 saturated heterocycles. The van der Waals surface area contributed by atoms with E-state index in [-0.39, 0.29) is 17.2 Å². The van der Waals surface area contributed by atoms with E-state index in [9.17, 15) is 9.59 Å². The van der Waals surface area contributed by atoms with Gasteiger partial charge in [-0.05, 0) is 49.8 Å². The summed E-state index contributed by atoms with van der Waals surface area (Å²) in [4.78, 5) is 26.2. The Morgan fingerprint density at radius 1 is 1.23 bits per heavy atom. The number of carbonyl (C=O) groups is 2. The van der Waals surface area contributed by atoms with Gasteiger partial charge in [-0.25, -0.2) is 0 Å². The molecular formula is C18H19BrN2O4S. The van der Waals surface area contributed by atoms with Crippen molar-refractivity contribution in [3.05, 3.63) is 40.4 Å². The van der Waals surface area contributed by atoms with Crippen LogP contribution >= 0.6 is 28.1 Å². The number of amides is 2. The van der Waals surface area contributed by atoms with Crippen LogP contribution in [0.5, 0.6) is 11.5 Å². The summed E-state index contributed by atoms with van der Waals surface area (Å²) in [6.07, 6.45) is 3.04. The molecule has 1 N–H and O–H groups in total. The van der Waals surface area contributed by atoms with Gasteiger partial charge in [0, 0.05) is 11.0 Å². The second-order valence-corrected chi connectivity index (χ2v) is 6.45. The van der Waals surface area contributed by atoms with Crippen molar-refractivity contribution in [1.29, 1.82) is 0 Å². The van der Waals surface area contributed by atoms with E-state index in [0.29, 0.717) is 34.7 Å². The molecule has 138 valence electrons. The average molecular weight is 439 g/mol. The number of carbonyl (C=O) groups excluding carboxylic acids is 2. The lowest BCUT2D eigenvalue weighted by atomic mass is 10.1. The zero-order valence-corrected chi connectivity index (χ0v) is 16.9. The molecule has 1 heterocycles. The summed E-state index contributed by atoms with van der Waals surface area (Å²) in [6.45, 7) is 8.50. The quantitative estimate of drug-likeness (QED) is 0.306. The summed E-state index contributed by atoms with van der Waals surface area (Å²) in [7, 11) is 0. The second kappa shape index (κ2) is 8.95. The Morgan fingerprint density at radius 2 is 1.85 bits per heavy atom. The molecule has 8 heteroatoms. The normalized spacial score (nSPS) is 15.9. The number of ether oxygens (including phenoxy) is 2. The molecule has 0 aromatic heterocycles. The van der Waals surface area contributed by atoms with Crippen LogP contribution in [0.4, 0.5) is 0 Å². The predicted molar refractivity (Wildman–Crippen MR) is 107 cm³/mol. The van der Waals surface area contributed by atoms with Crippen LogP contribution in [0.1, 0.15) is 19.4 Å². The van der Waals surface area contributed by atoms with Gasteiger partial charge in [0.05, 0.1) is 13.2 Å². The summed E-state index contributed by atoms with van der Waals surface area (Å²) < 4.78 is 11.8. The molecule has 1 aliphatic heterocycles. The smallest absolute Gasteiger partial charge is 0.265 e. The monoisotopic (exact) mass is 438 g/mol. The fraction of sp³-hybridized carbons (Fsp3) is 0.278. The first kappa shape index (κ1) is 20.1. The highest BCUT2D eigenvalue weighted by molar-refractivity contribution is 9.10. The minimum atomic E-state index is -0.543. The van der Waals surface area contributed by atoms with Gasteiger partial charge in [0.2, 0.25) is 0 Å². The molecule has 1 aromatic carbocycles. The third-order valence-electron chi connectivity index (χ3n) is 3.46. The van der Waals surface area contributed by atoms with Crippen LogP contribution in [-0.2, 0) is 9.59 Å². The molecule has 2 amide bonds. The lowest BCUT2D eigenvalue weighted by Crippen LogP contribution is -2.53. The molecular weight excluding hydrogens is 420 g/mol. The Morgan fingerprint density at radius 3 is 2.42 bits per heavy atom. The van der Waals surface area contributed by atoms with Crippen LogP contribution in [0, 0.1) is 0 Å². The molecule has 1 aliphatic rings. The van der Waals surface area contributed by atoms with Gasteiger partial charge in [-0.15, -0.1) is 6.58 Å². The number of thiocarbonyl (C=S) groups is 1. The lowest BCUT2D eigenvalue weighted by Gasteiger charge is -2.27. The van der Waals surface area contributed by atoms with Gasteiger partial charge in [0.25, 0.3) is 11.8 Å². The Bertz CT molecular complexity index is 792.